The molecule has 0 unspecified atom stereocenters. The number of aromatic nitrogens is 2. The first-order valence-corrected chi connectivity index (χ1v) is 5.70. The molecule has 1 aromatic carbocycles. The van der Waals surface area contributed by atoms with Crippen LogP contribution < -0.4 is 0 Å². The molecule has 0 bridgehead atoms. The molecule has 88 valence electrons. The van der Waals surface area contributed by atoms with E-state index in [4.69, 9.17) is 0 Å². The molecule has 4 heteroatoms. The number of halogens is 2. The fraction of sp³-hybridized carbons (Fsp3) is 0.308. The topological polar surface area (TPSA) is 28.7 Å². The average molecular weight is 234 g/mol. The molecule has 0 radical (unpaired) electrons. The minimum Gasteiger partial charge on any atom is -0.282 e. The van der Waals surface area contributed by atoms with Crippen molar-refractivity contribution in [3.63, 3.8) is 0 Å². The molecule has 1 N–H and O–H groups in total. The van der Waals surface area contributed by atoms with Gasteiger partial charge < -0.3 is 0 Å². The molecule has 1 aromatic heterocycles. The Morgan fingerprint density at radius 1 is 1.24 bits per heavy atom. The van der Waals surface area contributed by atoms with E-state index in [9.17, 15) is 8.78 Å². The Kier molecular flexibility index (Phi) is 2.42. The van der Waals surface area contributed by atoms with Crippen LogP contribution in [0.2, 0.25) is 0 Å². The maximum Gasteiger partial charge on any atom is 0.129 e. The molecule has 1 heterocycles. The first kappa shape index (κ1) is 10.4. The first-order chi connectivity index (χ1) is 8.24. The second-order valence-electron chi connectivity index (χ2n) is 4.50. The molecule has 0 saturated heterocycles. The zero-order chi connectivity index (χ0) is 11.8. The minimum absolute atomic E-state index is 0.467. The molecule has 0 atom stereocenters. The quantitative estimate of drug-likeness (QED) is 0.868. The summed E-state index contributed by atoms with van der Waals surface area (Å²) in [5, 5.41) is 6.98. The summed E-state index contributed by atoms with van der Waals surface area (Å²) >= 11 is 0. The second kappa shape index (κ2) is 3.95. The van der Waals surface area contributed by atoms with Crippen LogP contribution in [-0.2, 0) is 6.42 Å². The molecule has 3 rings (SSSR count). The summed E-state index contributed by atoms with van der Waals surface area (Å²) in [6, 6.07) is 3.70. The Morgan fingerprint density at radius 2 is 2.06 bits per heavy atom. The molecule has 17 heavy (non-hydrogen) atoms. The summed E-state index contributed by atoms with van der Waals surface area (Å²) in [5.41, 5.74) is 2.63. The van der Waals surface area contributed by atoms with Gasteiger partial charge in [0.25, 0.3) is 0 Å². The maximum absolute atomic E-state index is 13.5. The molecule has 0 aliphatic heterocycles. The predicted molar refractivity (Wildman–Crippen MR) is 59.7 cm³/mol. The van der Waals surface area contributed by atoms with E-state index in [-0.39, 0.29) is 0 Å². The Balaban J connectivity index is 1.88. The van der Waals surface area contributed by atoms with E-state index in [2.05, 4.69) is 10.2 Å². The highest BCUT2D eigenvalue weighted by molar-refractivity contribution is 5.31. The number of nitrogens with zero attached hydrogens (tertiary/aromatic N) is 1. The number of rotatable bonds is 3. The van der Waals surface area contributed by atoms with Crippen molar-refractivity contribution >= 4 is 0 Å². The van der Waals surface area contributed by atoms with Gasteiger partial charge in [0.1, 0.15) is 11.6 Å². The number of H-pyrrole nitrogens is 1. The van der Waals surface area contributed by atoms with Crippen molar-refractivity contribution in [2.45, 2.75) is 25.2 Å². The third kappa shape index (κ3) is 2.07. The van der Waals surface area contributed by atoms with Gasteiger partial charge in [0.2, 0.25) is 0 Å². The second-order valence-corrected chi connectivity index (χ2v) is 4.50. The Hall–Kier alpha value is -1.71. The molecular formula is C13H12F2N2. The normalized spacial score (nSPS) is 15.2. The SMILES string of the molecule is Fc1ccc(Cc2cn[nH]c2C2CC2)c(F)c1. The molecule has 0 spiro atoms. The fourth-order valence-corrected chi connectivity index (χ4v) is 2.06. The highest BCUT2D eigenvalue weighted by Crippen LogP contribution is 2.40. The van der Waals surface area contributed by atoms with Crippen molar-refractivity contribution in [3.8, 4) is 0 Å². The number of hydrogen-bond donors (Lipinski definition) is 1. The van der Waals surface area contributed by atoms with Crippen molar-refractivity contribution < 1.29 is 8.78 Å². The van der Waals surface area contributed by atoms with Crippen molar-refractivity contribution in [2.24, 2.45) is 0 Å². The molecular weight excluding hydrogens is 222 g/mol. The van der Waals surface area contributed by atoms with E-state index >= 15 is 0 Å². The molecule has 1 fully saturated rings. The third-order valence-electron chi connectivity index (χ3n) is 3.13. The van der Waals surface area contributed by atoms with Gasteiger partial charge >= 0.3 is 0 Å². The van der Waals surface area contributed by atoms with Crippen LogP contribution in [0, 0.1) is 11.6 Å². The van der Waals surface area contributed by atoms with Crippen LogP contribution in [0.3, 0.4) is 0 Å². The van der Waals surface area contributed by atoms with E-state index in [1.807, 2.05) is 0 Å². The summed E-state index contributed by atoms with van der Waals surface area (Å²) in [7, 11) is 0. The van der Waals surface area contributed by atoms with E-state index in [0.717, 1.165) is 17.3 Å². The highest BCUT2D eigenvalue weighted by Gasteiger charge is 2.27. The largest absolute Gasteiger partial charge is 0.282 e. The van der Waals surface area contributed by atoms with Gasteiger partial charge in [0.05, 0.1) is 6.20 Å². The van der Waals surface area contributed by atoms with Crippen molar-refractivity contribution in [1.29, 1.82) is 0 Å². The summed E-state index contributed by atoms with van der Waals surface area (Å²) in [4.78, 5) is 0. The van der Waals surface area contributed by atoms with Gasteiger partial charge in [-0.1, -0.05) is 6.07 Å². The van der Waals surface area contributed by atoms with Crippen LogP contribution in [0.1, 0.15) is 35.6 Å². The Bertz CT molecular complexity index is 544. The van der Waals surface area contributed by atoms with Gasteiger partial charge in [-0.2, -0.15) is 5.10 Å². The molecule has 0 amide bonds. The third-order valence-corrected chi connectivity index (χ3v) is 3.13. The van der Waals surface area contributed by atoms with Crippen LogP contribution >= 0.6 is 0 Å². The van der Waals surface area contributed by atoms with Gasteiger partial charge in [-0.15, -0.1) is 0 Å². The van der Waals surface area contributed by atoms with Crippen molar-refractivity contribution in [3.05, 3.63) is 52.9 Å². The highest BCUT2D eigenvalue weighted by atomic mass is 19.1. The van der Waals surface area contributed by atoms with Crippen LogP contribution in [0.15, 0.2) is 24.4 Å². The number of aromatic amines is 1. The van der Waals surface area contributed by atoms with Gasteiger partial charge in [-0.3, -0.25) is 5.10 Å². The molecule has 2 aromatic rings. The number of hydrogen-bond acceptors (Lipinski definition) is 1. The van der Waals surface area contributed by atoms with E-state index in [1.54, 1.807) is 6.20 Å². The molecule has 1 aliphatic rings. The van der Waals surface area contributed by atoms with Gasteiger partial charge in [0.15, 0.2) is 0 Å². The first-order valence-electron chi connectivity index (χ1n) is 5.70. The lowest BCUT2D eigenvalue weighted by Gasteiger charge is -2.03. The summed E-state index contributed by atoms with van der Waals surface area (Å²) in [6.45, 7) is 0. The number of benzene rings is 1. The van der Waals surface area contributed by atoms with Crippen LogP contribution in [-0.4, -0.2) is 10.2 Å². The van der Waals surface area contributed by atoms with E-state index < -0.39 is 11.6 Å². The van der Waals surface area contributed by atoms with Crippen LogP contribution in [0.25, 0.3) is 0 Å². The fourth-order valence-electron chi connectivity index (χ4n) is 2.06. The lowest BCUT2D eigenvalue weighted by molar-refractivity contribution is 0.574. The Morgan fingerprint density at radius 3 is 2.76 bits per heavy atom. The zero-order valence-corrected chi connectivity index (χ0v) is 9.21. The van der Waals surface area contributed by atoms with Gasteiger partial charge in [0, 0.05) is 24.1 Å². The summed E-state index contributed by atoms with van der Waals surface area (Å²) < 4.78 is 26.3. The molecule has 1 aliphatic carbocycles. The maximum atomic E-state index is 13.5. The van der Waals surface area contributed by atoms with Gasteiger partial charge in [-0.05, 0) is 30.0 Å². The standard InChI is InChI=1S/C13H12F2N2/c14-11-4-3-9(12(15)6-11)5-10-7-16-17-13(10)8-1-2-8/h3-4,6-8H,1-2,5H2,(H,16,17). The van der Waals surface area contributed by atoms with Crippen LogP contribution in [0.4, 0.5) is 8.78 Å². The smallest absolute Gasteiger partial charge is 0.129 e. The van der Waals surface area contributed by atoms with Crippen molar-refractivity contribution in [2.75, 3.05) is 0 Å². The van der Waals surface area contributed by atoms with Crippen LogP contribution in [0.5, 0.6) is 0 Å². The minimum atomic E-state index is -0.541. The Labute approximate surface area is 97.7 Å². The molecule has 2 nitrogen and oxygen atoms in total. The monoisotopic (exact) mass is 234 g/mol. The number of nitrogens with one attached hydrogen (secondary N) is 1. The lowest BCUT2D eigenvalue weighted by Crippen LogP contribution is -1.95. The average Bonchev–Trinajstić information content (AvgIpc) is 3.03. The molecule has 1 saturated carbocycles. The van der Waals surface area contributed by atoms with E-state index in [1.165, 1.54) is 25.0 Å². The van der Waals surface area contributed by atoms with E-state index in [0.29, 0.717) is 17.9 Å². The lowest BCUT2D eigenvalue weighted by atomic mass is 10.0. The summed E-state index contributed by atoms with van der Waals surface area (Å²) in [6.07, 6.45) is 4.53. The van der Waals surface area contributed by atoms with Crippen molar-refractivity contribution in [1.82, 2.24) is 10.2 Å². The predicted octanol–water partition coefficient (Wildman–Crippen LogP) is 3.16. The van der Waals surface area contributed by atoms with Gasteiger partial charge in [-0.25, -0.2) is 8.78 Å². The summed E-state index contributed by atoms with van der Waals surface area (Å²) in [5.74, 6) is -0.482. The zero-order valence-electron chi connectivity index (χ0n) is 9.21.